The second kappa shape index (κ2) is 11.4. The molecule has 0 saturated carbocycles. The van der Waals surface area contributed by atoms with E-state index in [1.807, 2.05) is 6.92 Å². The third-order valence-corrected chi connectivity index (χ3v) is 4.15. The Labute approximate surface area is 160 Å². The molecule has 0 unspecified atom stereocenters. The first-order valence-electron chi connectivity index (χ1n) is 8.37. The molecule has 0 aliphatic carbocycles. The van der Waals surface area contributed by atoms with Crippen LogP contribution >= 0.6 is 24.0 Å². The molecule has 8 heteroatoms. The first kappa shape index (κ1) is 21.8. The van der Waals surface area contributed by atoms with E-state index in [1.54, 1.807) is 12.1 Å². The number of methoxy groups -OCH3 is 1. The molecule has 1 fully saturated rings. The number of amides is 1. The average molecular weight is 392 g/mol. The maximum absolute atomic E-state index is 12.3. The minimum atomic E-state index is -0.160. The largest absolute Gasteiger partial charge is 0.493 e. The van der Waals surface area contributed by atoms with Crippen molar-refractivity contribution in [3.8, 4) is 11.5 Å². The molecule has 0 aromatic heterocycles. The molecule has 142 valence electrons. The number of piperazine rings is 1. The van der Waals surface area contributed by atoms with E-state index in [-0.39, 0.29) is 18.3 Å². The summed E-state index contributed by atoms with van der Waals surface area (Å²) in [6.45, 7) is 8.04. The highest BCUT2D eigenvalue weighted by molar-refractivity contribution is 6.32. The molecule has 2 rings (SSSR count). The van der Waals surface area contributed by atoms with Crippen molar-refractivity contribution in [3.63, 3.8) is 0 Å². The third kappa shape index (κ3) is 6.55. The Bertz CT molecular complexity index is 552. The molecule has 25 heavy (non-hydrogen) atoms. The summed E-state index contributed by atoms with van der Waals surface area (Å²) < 4.78 is 10.9. The van der Waals surface area contributed by atoms with E-state index >= 15 is 0 Å². The molecule has 1 saturated heterocycles. The Balaban J connectivity index is 0.00000312. The standard InChI is InChI=1S/C17H26ClN3O3.ClH/c1-3-10-24-16-14(18)11-13(12-15(16)23-2)17(22)20-6-9-21-7-4-19-5-8-21;/h11-12,19H,3-10H2,1-2H3,(H,20,22);1H. The summed E-state index contributed by atoms with van der Waals surface area (Å²) in [6, 6.07) is 3.28. The number of carbonyl (C=O) groups is 1. The fourth-order valence-electron chi connectivity index (χ4n) is 2.56. The minimum Gasteiger partial charge on any atom is -0.493 e. The number of benzene rings is 1. The zero-order valence-electron chi connectivity index (χ0n) is 14.8. The molecular weight excluding hydrogens is 365 g/mol. The van der Waals surface area contributed by atoms with Gasteiger partial charge in [0.15, 0.2) is 11.5 Å². The van der Waals surface area contributed by atoms with Crippen molar-refractivity contribution in [2.75, 3.05) is 53.0 Å². The van der Waals surface area contributed by atoms with Crippen LogP contribution in [0.1, 0.15) is 23.7 Å². The van der Waals surface area contributed by atoms with Gasteiger partial charge in [-0.05, 0) is 18.6 Å². The van der Waals surface area contributed by atoms with Crippen LogP contribution in [0.15, 0.2) is 12.1 Å². The van der Waals surface area contributed by atoms with Gasteiger partial charge in [0.2, 0.25) is 0 Å². The van der Waals surface area contributed by atoms with Crippen LogP contribution in [0.5, 0.6) is 11.5 Å². The summed E-state index contributed by atoms with van der Waals surface area (Å²) in [6.07, 6.45) is 0.869. The summed E-state index contributed by atoms with van der Waals surface area (Å²) in [4.78, 5) is 14.7. The predicted octanol–water partition coefficient (Wildman–Crippen LogP) is 2.19. The van der Waals surface area contributed by atoms with Crippen LogP contribution in [0.2, 0.25) is 5.02 Å². The molecule has 0 atom stereocenters. The number of hydrogen-bond donors (Lipinski definition) is 2. The van der Waals surface area contributed by atoms with Crippen molar-refractivity contribution in [2.24, 2.45) is 0 Å². The van der Waals surface area contributed by atoms with Crippen LogP contribution in [0.25, 0.3) is 0 Å². The molecule has 0 radical (unpaired) electrons. The van der Waals surface area contributed by atoms with E-state index in [9.17, 15) is 4.79 Å². The van der Waals surface area contributed by atoms with Gasteiger partial charge in [-0.3, -0.25) is 9.69 Å². The molecule has 1 heterocycles. The smallest absolute Gasteiger partial charge is 0.251 e. The van der Waals surface area contributed by atoms with Gasteiger partial charge in [0, 0.05) is 44.8 Å². The maximum Gasteiger partial charge on any atom is 0.251 e. The van der Waals surface area contributed by atoms with Gasteiger partial charge in [-0.25, -0.2) is 0 Å². The van der Waals surface area contributed by atoms with E-state index in [4.69, 9.17) is 21.1 Å². The summed E-state index contributed by atoms with van der Waals surface area (Å²) in [5.74, 6) is 0.800. The Morgan fingerprint density at radius 3 is 2.72 bits per heavy atom. The predicted molar refractivity (Wildman–Crippen MR) is 103 cm³/mol. The minimum absolute atomic E-state index is 0. The topological polar surface area (TPSA) is 62.8 Å². The molecule has 1 aliphatic heterocycles. The first-order chi connectivity index (χ1) is 11.7. The highest BCUT2D eigenvalue weighted by Gasteiger charge is 2.16. The molecule has 1 aromatic rings. The summed E-state index contributed by atoms with van der Waals surface area (Å²) >= 11 is 6.25. The first-order valence-corrected chi connectivity index (χ1v) is 8.75. The highest BCUT2D eigenvalue weighted by Crippen LogP contribution is 2.36. The maximum atomic E-state index is 12.3. The number of hydrogen-bond acceptors (Lipinski definition) is 5. The van der Waals surface area contributed by atoms with E-state index in [0.717, 1.165) is 39.1 Å². The van der Waals surface area contributed by atoms with Gasteiger partial charge < -0.3 is 20.1 Å². The van der Waals surface area contributed by atoms with Gasteiger partial charge in [-0.1, -0.05) is 18.5 Å². The van der Waals surface area contributed by atoms with Crippen LogP contribution < -0.4 is 20.1 Å². The van der Waals surface area contributed by atoms with Gasteiger partial charge in [0.05, 0.1) is 18.7 Å². The SMILES string of the molecule is CCCOc1c(Cl)cc(C(=O)NCCN2CCNCC2)cc1OC.Cl. The lowest BCUT2D eigenvalue weighted by atomic mass is 10.2. The number of rotatable bonds is 8. The van der Waals surface area contributed by atoms with Crippen molar-refractivity contribution in [3.05, 3.63) is 22.7 Å². The fourth-order valence-corrected chi connectivity index (χ4v) is 2.82. The van der Waals surface area contributed by atoms with Crippen LogP contribution in [-0.4, -0.2) is 63.8 Å². The zero-order chi connectivity index (χ0) is 17.4. The van der Waals surface area contributed by atoms with Gasteiger partial charge in [0.25, 0.3) is 5.91 Å². The molecular formula is C17H27Cl2N3O3. The monoisotopic (exact) mass is 391 g/mol. The summed E-state index contributed by atoms with van der Waals surface area (Å²) in [5.41, 5.74) is 0.473. The van der Waals surface area contributed by atoms with Gasteiger partial charge >= 0.3 is 0 Å². The Morgan fingerprint density at radius 1 is 1.36 bits per heavy atom. The van der Waals surface area contributed by atoms with Crippen LogP contribution in [0.3, 0.4) is 0 Å². The van der Waals surface area contributed by atoms with Gasteiger partial charge in [-0.2, -0.15) is 0 Å². The zero-order valence-corrected chi connectivity index (χ0v) is 16.3. The second-order valence-electron chi connectivity index (χ2n) is 5.69. The van der Waals surface area contributed by atoms with Gasteiger partial charge in [0.1, 0.15) is 0 Å². The second-order valence-corrected chi connectivity index (χ2v) is 6.09. The number of nitrogens with one attached hydrogen (secondary N) is 2. The van der Waals surface area contributed by atoms with E-state index < -0.39 is 0 Å². The molecule has 1 aliphatic rings. The lowest BCUT2D eigenvalue weighted by molar-refractivity contribution is 0.0947. The van der Waals surface area contributed by atoms with Crippen molar-refractivity contribution in [2.45, 2.75) is 13.3 Å². The van der Waals surface area contributed by atoms with Gasteiger partial charge in [-0.15, -0.1) is 12.4 Å². The fraction of sp³-hybridized carbons (Fsp3) is 0.588. The van der Waals surface area contributed by atoms with Crippen LogP contribution in [-0.2, 0) is 0 Å². The van der Waals surface area contributed by atoms with E-state index in [1.165, 1.54) is 7.11 Å². The van der Waals surface area contributed by atoms with Crippen molar-refractivity contribution in [1.29, 1.82) is 0 Å². The van der Waals surface area contributed by atoms with Crippen LogP contribution in [0.4, 0.5) is 0 Å². The summed E-state index contributed by atoms with van der Waals surface area (Å²) in [7, 11) is 1.54. The molecule has 1 amide bonds. The number of carbonyl (C=O) groups excluding carboxylic acids is 1. The molecule has 6 nitrogen and oxygen atoms in total. The average Bonchev–Trinajstić information content (AvgIpc) is 2.60. The third-order valence-electron chi connectivity index (χ3n) is 3.87. The van der Waals surface area contributed by atoms with Crippen molar-refractivity contribution in [1.82, 2.24) is 15.5 Å². The highest BCUT2D eigenvalue weighted by atomic mass is 35.5. The molecule has 0 spiro atoms. The molecule has 0 bridgehead atoms. The Kier molecular flexibility index (Phi) is 9.97. The van der Waals surface area contributed by atoms with Crippen molar-refractivity contribution < 1.29 is 14.3 Å². The Hall–Kier alpha value is -1.21. The lowest BCUT2D eigenvalue weighted by Gasteiger charge is -2.27. The number of ether oxygens (including phenoxy) is 2. The normalized spacial score (nSPS) is 14.5. The quantitative estimate of drug-likeness (QED) is 0.710. The molecule has 1 aromatic carbocycles. The van der Waals surface area contributed by atoms with E-state index in [2.05, 4.69) is 15.5 Å². The van der Waals surface area contributed by atoms with Crippen LogP contribution in [0, 0.1) is 0 Å². The van der Waals surface area contributed by atoms with E-state index in [0.29, 0.717) is 35.2 Å². The Morgan fingerprint density at radius 2 is 2.08 bits per heavy atom. The summed E-state index contributed by atoms with van der Waals surface area (Å²) in [5, 5.41) is 6.62. The van der Waals surface area contributed by atoms with Crippen molar-refractivity contribution >= 4 is 29.9 Å². The number of halogens is 2. The number of nitrogens with zero attached hydrogens (tertiary/aromatic N) is 1. The lowest BCUT2D eigenvalue weighted by Crippen LogP contribution is -2.46. The molecule has 2 N–H and O–H groups in total.